The lowest BCUT2D eigenvalue weighted by atomic mass is 10.1. The highest BCUT2D eigenvalue weighted by Gasteiger charge is 2.19. The lowest BCUT2D eigenvalue weighted by Gasteiger charge is -2.31. The number of anilines is 3. The molecular weight excluding hydrogens is 418 g/mol. The number of amides is 2. The predicted octanol–water partition coefficient (Wildman–Crippen LogP) is 5.80. The molecule has 0 saturated heterocycles. The largest absolute Gasteiger partial charge is 0.365 e. The summed E-state index contributed by atoms with van der Waals surface area (Å²) >= 11 is 1.84. The van der Waals surface area contributed by atoms with Crippen LogP contribution in [0.15, 0.2) is 77.8 Å². The Morgan fingerprint density at radius 1 is 1.09 bits per heavy atom. The van der Waals surface area contributed by atoms with E-state index < -0.39 is 0 Å². The van der Waals surface area contributed by atoms with Crippen molar-refractivity contribution >= 4 is 45.8 Å². The number of nitrogens with zero attached hydrogens (tertiary/aromatic N) is 2. The lowest BCUT2D eigenvalue weighted by molar-refractivity contribution is 0.262. The van der Waals surface area contributed by atoms with E-state index in [0.29, 0.717) is 11.3 Å². The Morgan fingerprint density at radius 2 is 1.97 bits per heavy atom. The molecule has 3 aromatic carbocycles. The van der Waals surface area contributed by atoms with Crippen LogP contribution in [0.1, 0.15) is 11.1 Å². The minimum absolute atomic E-state index is 0.328. The maximum absolute atomic E-state index is 12.7. The first-order valence-corrected chi connectivity index (χ1v) is 11.3. The highest BCUT2D eigenvalue weighted by Crippen LogP contribution is 2.37. The van der Waals surface area contributed by atoms with Crippen molar-refractivity contribution in [3.05, 3.63) is 84.1 Å². The molecule has 2 amide bonds. The topological polar surface area (TPSA) is 84.0 Å². The summed E-state index contributed by atoms with van der Waals surface area (Å²) in [4.78, 5) is 19.4. The summed E-state index contributed by atoms with van der Waals surface area (Å²) in [5.41, 5.74) is 5.17. The fourth-order valence-corrected chi connectivity index (χ4v) is 4.93. The van der Waals surface area contributed by atoms with Crippen LogP contribution in [0.25, 0.3) is 10.9 Å². The molecule has 0 saturated carbocycles. The molecule has 3 N–H and O–H groups in total. The first-order chi connectivity index (χ1) is 15.7. The van der Waals surface area contributed by atoms with E-state index in [1.165, 1.54) is 10.5 Å². The van der Waals surface area contributed by atoms with E-state index in [-0.39, 0.29) is 6.03 Å². The highest BCUT2D eigenvalue weighted by molar-refractivity contribution is 7.99. The van der Waals surface area contributed by atoms with Gasteiger partial charge in [-0.3, -0.25) is 0 Å². The number of benzene rings is 3. The molecule has 4 aromatic rings. The average molecular weight is 440 g/mol. The maximum atomic E-state index is 12.7. The van der Waals surface area contributed by atoms with Gasteiger partial charge in [-0.2, -0.15) is 5.26 Å². The molecule has 2 heterocycles. The van der Waals surface area contributed by atoms with Crippen LogP contribution in [-0.4, -0.2) is 23.3 Å². The summed E-state index contributed by atoms with van der Waals surface area (Å²) in [6, 6.07) is 23.6. The summed E-state index contributed by atoms with van der Waals surface area (Å²) < 4.78 is 0. The molecule has 0 spiro atoms. The Morgan fingerprint density at radius 3 is 2.81 bits per heavy atom. The van der Waals surface area contributed by atoms with Gasteiger partial charge in [-0.15, -0.1) is 11.8 Å². The third kappa shape index (κ3) is 4.13. The smallest absolute Gasteiger partial charge is 0.323 e. The van der Waals surface area contributed by atoms with E-state index in [0.717, 1.165) is 41.1 Å². The van der Waals surface area contributed by atoms with Gasteiger partial charge in [0.05, 0.1) is 23.0 Å². The van der Waals surface area contributed by atoms with Gasteiger partial charge in [0.25, 0.3) is 0 Å². The molecule has 1 aliphatic heterocycles. The number of hydrogen-bond acceptors (Lipinski definition) is 4. The number of nitrogens with one attached hydrogen (secondary N) is 3. The van der Waals surface area contributed by atoms with Gasteiger partial charge in [-0.1, -0.05) is 30.3 Å². The highest BCUT2D eigenvalue weighted by atomic mass is 32.2. The molecule has 5 rings (SSSR count). The molecule has 158 valence electrons. The second-order valence-corrected chi connectivity index (χ2v) is 8.73. The molecule has 7 heteroatoms. The number of thioether (sulfide) groups is 1. The van der Waals surface area contributed by atoms with Crippen molar-refractivity contribution in [2.24, 2.45) is 0 Å². The van der Waals surface area contributed by atoms with E-state index in [1.54, 1.807) is 18.3 Å². The lowest BCUT2D eigenvalue weighted by Crippen LogP contribution is -2.29. The Balaban J connectivity index is 1.33. The van der Waals surface area contributed by atoms with Crippen LogP contribution in [-0.2, 0) is 6.54 Å². The van der Waals surface area contributed by atoms with Gasteiger partial charge in [0, 0.05) is 46.5 Å². The van der Waals surface area contributed by atoms with Gasteiger partial charge in [0.2, 0.25) is 0 Å². The minimum atomic E-state index is -0.328. The fourth-order valence-electron chi connectivity index (χ4n) is 3.90. The molecule has 1 aromatic heterocycles. The van der Waals surface area contributed by atoms with Crippen molar-refractivity contribution < 1.29 is 4.79 Å². The number of aromatic amines is 1. The second-order valence-electron chi connectivity index (χ2n) is 7.59. The predicted molar refractivity (Wildman–Crippen MR) is 130 cm³/mol. The molecule has 0 atom stereocenters. The van der Waals surface area contributed by atoms with Gasteiger partial charge in [0.1, 0.15) is 0 Å². The Bertz CT molecular complexity index is 1330. The number of rotatable bonds is 4. The van der Waals surface area contributed by atoms with Crippen molar-refractivity contribution in [1.82, 2.24) is 4.98 Å². The first-order valence-electron chi connectivity index (χ1n) is 10.3. The number of urea groups is 1. The van der Waals surface area contributed by atoms with Crippen LogP contribution < -0.4 is 15.5 Å². The number of aromatic nitrogens is 1. The van der Waals surface area contributed by atoms with Crippen LogP contribution in [0, 0.1) is 11.3 Å². The molecule has 1 aliphatic rings. The molecular formula is C25H21N5OS. The monoisotopic (exact) mass is 439 g/mol. The van der Waals surface area contributed by atoms with Gasteiger partial charge in [0.15, 0.2) is 0 Å². The quantitative estimate of drug-likeness (QED) is 0.375. The van der Waals surface area contributed by atoms with Crippen molar-refractivity contribution in [3.63, 3.8) is 0 Å². The van der Waals surface area contributed by atoms with E-state index in [1.807, 2.05) is 36.0 Å². The van der Waals surface area contributed by atoms with Gasteiger partial charge in [-0.25, -0.2) is 4.79 Å². The van der Waals surface area contributed by atoms with E-state index in [2.05, 4.69) is 56.9 Å². The van der Waals surface area contributed by atoms with Crippen molar-refractivity contribution in [2.45, 2.75) is 11.4 Å². The van der Waals surface area contributed by atoms with Crippen LogP contribution in [0.3, 0.4) is 0 Å². The standard InChI is InChI=1S/C25H21N5OS/c26-14-18-6-8-21-20(12-18)22(15-27-21)29-25(31)28-19-7-9-24-23(13-19)30(10-11-32-24)16-17-4-2-1-3-5-17/h1-9,12-13,15,27H,10-11,16H2,(H2,28,29,31). The number of fused-ring (bicyclic) bond motifs is 2. The molecule has 0 fully saturated rings. The molecule has 0 aliphatic carbocycles. The number of carbonyl (C=O) groups is 1. The average Bonchev–Trinajstić information content (AvgIpc) is 3.21. The number of carbonyl (C=O) groups excluding carboxylic acids is 1. The van der Waals surface area contributed by atoms with Crippen LogP contribution in [0.5, 0.6) is 0 Å². The van der Waals surface area contributed by atoms with Crippen molar-refractivity contribution in [1.29, 1.82) is 5.26 Å². The normalized spacial score (nSPS) is 12.8. The summed E-state index contributed by atoms with van der Waals surface area (Å²) in [5, 5.41) is 15.8. The number of H-pyrrole nitrogens is 1. The van der Waals surface area contributed by atoms with Gasteiger partial charge < -0.3 is 20.5 Å². The number of hydrogen-bond donors (Lipinski definition) is 3. The third-order valence-electron chi connectivity index (χ3n) is 5.45. The molecule has 0 unspecified atom stereocenters. The summed E-state index contributed by atoms with van der Waals surface area (Å²) in [5.74, 6) is 1.04. The summed E-state index contributed by atoms with van der Waals surface area (Å²) in [6.07, 6.45) is 1.73. The van der Waals surface area contributed by atoms with Crippen molar-refractivity contribution in [3.8, 4) is 6.07 Å². The zero-order valence-electron chi connectivity index (χ0n) is 17.3. The SMILES string of the molecule is N#Cc1ccc2[nH]cc(NC(=O)Nc3ccc4c(c3)N(Cc3ccccc3)CCS4)c2c1. The van der Waals surface area contributed by atoms with Crippen LogP contribution in [0.2, 0.25) is 0 Å². The van der Waals surface area contributed by atoms with Crippen molar-refractivity contribution in [2.75, 3.05) is 27.8 Å². The maximum Gasteiger partial charge on any atom is 0.323 e. The molecule has 0 bridgehead atoms. The minimum Gasteiger partial charge on any atom is -0.365 e. The van der Waals surface area contributed by atoms with E-state index in [9.17, 15) is 4.79 Å². The summed E-state index contributed by atoms with van der Waals surface area (Å²) in [6.45, 7) is 1.79. The fraction of sp³-hybridized carbons (Fsp3) is 0.120. The Kier molecular flexibility index (Phi) is 5.44. The van der Waals surface area contributed by atoms with Gasteiger partial charge in [-0.05, 0) is 42.0 Å². The second kappa shape index (κ2) is 8.69. The van der Waals surface area contributed by atoms with Crippen LogP contribution in [0.4, 0.5) is 21.9 Å². The molecule has 0 radical (unpaired) electrons. The van der Waals surface area contributed by atoms with Gasteiger partial charge >= 0.3 is 6.03 Å². The molecule has 32 heavy (non-hydrogen) atoms. The van der Waals surface area contributed by atoms with E-state index >= 15 is 0 Å². The van der Waals surface area contributed by atoms with E-state index in [4.69, 9.17) is 5.26 Å². The zero-order valence-corrected chi connectivity index (χ0v) is 18.1. The third-order valence-corrected chi connectivity index (χ3v) is 6.49. The zero-order chi connectivity index (χ0) is 21.9. The van der Waals surface area contributed by atoms with Crippen LogP contribution >= 0.6 is 11.8 Å². The number of nitriles is 1. The first kappa shape index (κ1) is 20.0. The summed E-state index contributed by atoms with van der Waals surface area (Å²) in [7, 11) is 0. The Labute approximate surface area is 190 Å². The Hall–Kier alpha value is -3.89. The molecule has 6 nitrogen and oxygen atoms in total.